The smallest absolute Gasteiger partial charge is 0.228 e. The molecule has 1 aliphatic heterocycles. The van der Waals surface area contributed by atoms with Crippen LogP contribution in [0.2, 0.25) is 0 Å². The van der Waals surface area contributed by atoms with Crippen molar-refractivity contribution in [1.29, 1.82) is 0 Å². The Labute approximate surface area is 115 Å². The van der Waals surface area contributed by atoms with Crippen molar-refractivity contribution in [2.24, 2.45) is 5.92 Å². The molecular weight excluding hydrogens is 240 g/mol. The Morgan fingerprint density at radius 3 is 2.95 bits per heavy atom. The van der Waals surface area contributed by atoms with Gasteiger partial charge in [-0.2, -0.15) is 4.98 Å². The zero-order chi connectivity index (χ0) is 13.5. The van der Waals surface area contributed by atoms with Gasteiger partial charge in [0.2, 0.25) is 11.8 Å². The van der Waals surface area contributed by atoms with E-state index in [0.29, 0.717) is 12.5 Å². The summed E-state index contributed by atoms with van der Waals surface area (Å²) in [6.45, 7) is 6.05. The van der Waals surface area contributed by atoms with Crippen molar-refractivity contribution in [1.82, 2.24) is 15.3 Å². The number of hydrogen-bond donors (Lipinski definition) is 1. The van der Waals surface area contributed by atoms with Crippen LogP contribution in [0, 0.1) is 5.92 Å². The van der Waals surface area contributed by atoms with Crippen molar-refractivity contribution in [2.45, 2.75) is 26.2 Å². The fourth-order valence-corrected chi connectivity index (χ4v) is 2.34. The van der Waals surface area contributed by atoms with Gasteiger partial charge in [0.25, 0.3) is 0 Å². The standard InChI is InChI=1S/C14H24N4O/c1-3-10-19-13-6-9-16-14(17-13)18(2)11-12-4-7-15-8-5-12/h6,9,12,15H,3-5,7-8,10-11H2,1-2H3. The number of ether oxygens (including phenoxy) is 1. The molecule has 1 aromatic rings. The molecule has 0 atom stereocenters. The molecule has 0 aromatic carbocycles. The molecule has 2 heterocycles. The van der Waals surface area contributed by atoms with E-state index in [-0.39, 0.29) is 0 Å². The summed E-state index contributed by atoms with van der Waals surface area (Å²) in [5.41, 5.74) is 0. The van der Waals surface area contributed by atoms with Gasteiger partial charge in [-0.25, -0.2) is 4.98 Å². The first-order valence-electron chi connectivity index (χ1n) is 7.17. The highest BCUT2D eigenvalue weighted by Crippen LogP contribution is 2.17. The van der Waals surface area contributed by atoms with Crippen LogP contribution >= 0.6 is 0 Å². The lowest BCUT2D eigenvalue weighted by Crippen LogP contribution is -2.35. The first kappa shape index (κ1) is 14.1. The fourth-order valence-electron chi connectivity index (χ4n) is 2.34. The van der Waals surface area contributed by atoms with Crippen molar-refractivity contribution in [3.8, 4) is 5.88 Å². The maximum absolute atomic E-state index is 5.55. The van der Waals surface area contributed by atoms with Crippen molar-refractivity contribution in [2.75, 3.05) is 38.2 Å². The number of anilines is 1. The molecule has 1 saturated heterocycles. The quantitative estimate of drug-likeness (QED) is 0.847. The zero-order valence-corrected chi connectivity index (χ0v) is 11.9. The van der Waals surface area contributed by atoms with Crippen LogP contribution in [0.25, 0.3) is 0 Å². The van der Waals surface area contributed by atoms with E-state index in [4.69, 9.17) is 4.74 Å². The summed E-state index contributed by atoms with van der Waals surface area (Å²) >= 11 is 0. The van der Waals surface area contributed by atoms with Gasteiger partial charge >= 0.3 is 0 Å². The van der Waals surface area contributed by atoms with E-state index in [1.165, 1.54) is 12.8 Å². The van der Waals surface area contributed by atoms with Gasteiger partial charge in [0, 0.05) is 25.9 Å². The van der Waals surface area contributed by atoms with Gasteiger partial charge in [0.1, 0.15) is 0 Å². The van der Waals surface area contributed by atoms with E-state index >= 15 is 0 Å². The van der Waals surface area contributed by atoms with Gasteiger partial charge in [-0.05, 0) is 38.3 Å². The molecule has 2 rings (SSSR count). The largest absolute Gasteiger partial charge is 0.478 e. The van der Waals surface area contributed by atoms with Gasteiger partial charge < -0.3 is 15.0 Å². The molecular formula is C14H24N4O. The lowest BCUT2D eigenvalue weighted by Gasteiger charge is -2.27. The SMILES string of the molecule is CCCOc1ccnc(N(C)CC2CCNCC2)n1. The van der Waals surface area contributed by atoms with Crippen molar-refractivity contribution < 1.29 is 4.74 Å². The Hall–Kier alpha value is -1.36. The lowest BCUT2D eigenvalue weighted by molar-refractivity contribution is 0.304. The molecule has 106 valence electrons. The molecule has 0 radical (unpaired) electrons. The summed E-state index contributed by atoms with van der Waals surface area (Å²) in [4.78, 5) is 10.9. The average Bonchev–Trinajstić information content (AvgIpc) is 2.46. The number of hydrogen-bond acceptors (Lipinski definition) is 5. The molecule has 0 saturated carbocycles. The van der Waals surface area contributed by atoms with Crippen LogP contribution in [-0.2, 0) is 0 Å². The predicted octanol–water partition coefficient (Wildman–Crippen LogP) is 1.70. The van der Waals surface area contributed by atoms with E-state index in [1.807, 2.05) is 6.07 Å². The second-order valence-electron chi connectivity index (χ2n) is 5.12. The molecule has 0 spiro atoms. The highest BCUT2D eigenvalue weighted by molar-refractivity contribution is 5.30. The second kappa shape index (κ2) is 7.28. The first-order valence-corrected chi connectivity index (χ1v) is 7.17. The maximum Gasteiger partial charge on any atom is 0.228 e. The minimum Gasteiger partial charge on any atom is -0.478 e. The van der Waals surface area contributed by atoms with Gasteiger partial charge in [-0.15, -0.1) is 0 Å². The summed E-state index contributed by atoms with van der Waals surface area (Å²) in [7, 11) is 2.06. The number of piperidine rings is 1. The summed E-state index contributed by atoms with van der Waals surface area (Å²) in [5, 5.41) is 3.39. The molecule has 0 unspecified atom stereocenters. The van der Waals surface area contributed by atoms with Crippen molar-refractivity contribution >= 4 is 5.95 Å². The minimum atomic E-state index is 0.670. The number of rotatable bonds is 6. The zero-order valence-electron chi connectivity index (χ0n) is 11.9. The van der Waals surface area contributed by atoms with Crippen LogP contribution in [0.3, 0.4) is 0 Å². The first-order chi connectivity index (χ1) is 9.29. The highest BCUT2D eigenvalue weighted by Gasteiger charge is 2.16. The number of aromatic nitrogens is 2. The summed E-state index contributed by atoms with van der Waals surface area (Å²) in [6.07, 6.45) is 5.23. The number of nitrogens with zero attached hydrogens (tertiary/aromatic N) is 3. The molecule has 5 heteroatoms. The topological polar surface area (TPSA) is 50.3 Å². The van der Waals surface area contributed by atoms with Gasteiger partial charge in [-0.1, -0.05) is 6.92 Å². The van der Waals surface area contributed by atoms with Gasteiger partial charge in [-0.3, -0.25) is 0 Å². The van der Waals surface area contributed by atoms with E-state index in [9.17, 15) is 0 Å². The molecule has 0 aliphatic carbocycles. The molecule has 5 nitrogen and oxygen atoms in total. The Balaban J connectivity index is 1.91. The molecule has 0 bridgehead atoms. The van der Waals surface area contributed by atoms with E-state index in [1.54, 1.807) is 6.20 Å². The van der Waals surface area contributed by atoms with Crippen LogP contribution in [0.4, 0.5) is 5.95 Å². The normalized spacial score (nSPS) is 16.3. The highest BCUT2D eigenvalue weighted by atomic mass is 16.5. The maximum atomic E-state index is 5.55. The summed E-state index contributed by atoms with van der Waals surface area (Å²) in [6, 6.07) is 1.82. The van der Waals surface area contributed by atoms with E-state index in [2.05, 4.69) is 34.2 Å². The lowest BCUT2D eigenvalue weighted by atomic mass is 9.98. The molecule has 1 aliphatic rings. The van der Waals surface area contributed by atoms with Gasteiger partial charge in [0.15, 0.2) is 0 Å². The molecule has 1 aromatic heterocycles. The van der Waals surface area contributed by atoms with Crippen molar-refractivity contribution in [3.05, 3.63) is 12.3 Å². The minimum absolute atomic E-state index is 0.670. The van der Waals surface area contributed by atoms with Crippen LogP contribution in [0.5, 0.6) is 5.88 Å². The second-order valence-corrected chi connectivity index (χ2v) is 5.12. The van der Waals surface area contributed by atoms with E-state index < -0.39 is 0 Å². The van der Waals surface area contributed by atoms with Crippen LogP contribution in [-0.4, -0.2) is 43.3 Å². The van der Waals surface area contributed by atoms with Gasteiger partial charge in [0.05, 0.1) is 6.61 Å². The monoisotopic (exact) mass is 264 g/mol. The average molecular weight is 264 g/mol. The number of nitrogens with one attached hydrogen (secondary N) is 1. The third kappa shape index (κ3) is 4.35. The Morgan fingerprint density at radius 1 is 1.42 bits per heavy atom. The molecule has 19 heavy (non-hydrogen) atoms. The fraction of sp³-hybridized carbons (Fsp3) is 0.714. The third-order valence-corrected chi connectivity index (χ3v) is 3.40. The summed E-state index contributed by atoms with van der Waals surface area (Å²) < 4.78 is 5.55. The van der Waals surface area contributed by atoms with E-state index in [0.717, 1.165) is 37.9 Å². The summed E-state index contributed by atoms with van der Waals surface area (Å²) in [5.74, 6) is 2.16. The van der Waals surface area contributed by atoms with Crippen molar-refractivity contribution in [3.63, 3.8) is 0 Å². The van der Waals surface area contributed by atoms with Crippen LogP contribution in [0.15, 0.2) is 12.3 Å². The Bertz CT molecular complexity index is 379. The molecule has 1 fully saturated rings. The molecule has 1 N–H and O–H groups in total. The van der Waals surface area contributed by atoms with Crippen LogP contribution < -0.4 is 15.0 Å². The molecule has 0 amide bonds. The van der Waals surface area contributed by atoms with Crippen LogP contribution in [0.1, 0.15) is 26.2 Å². The Kier molecular flexibility index (Phi) is 5.39. The Morgan fingerprint density at radius 2 is 2.21 bits per heavy atom. The predicted molar refractivity (Wildman–Crippen MR) is 76.7 cm³/mol. The third-order valence-electron chi connectivity index (χ3n) is 3.40.